The van der Waals surface area contributed by atoms with Crippen molar-refractivity contribution in [2.45, 2.75) is 92.2 Å². The number of esters is 1. The molecule has 0 unspecified atom stereocenters. The van der Waals surface area contributed by atoms with Gasteiger partial charge in [0, 0.05) is 31.6 Å². The topological polar surface area (TPSA) is 110 Å². The summed E-state index contributed by atoms with van der Waals surface area (Å²) in [5.41, 5.74) is 2.35. The molecule has 0 saturated heterocycles. The van der Waals surface area contributed by atoms with Gasteiger partial charge in [0.15, 0.2) is 0 Å². The number of carbonyl (C=O) groups is 3. The van der Waals surface area contributed by atoms with Gasteiger partial charge in [-0.25, -0.2) is 9.79 Å². The third-order valence-electron chi connectivity index (χ3n) is 7.48. The maximum absolute atomic E-state index is 12.9. The number of carbonyl (C=O) groups excluding carboxylic acids is 3. The minimum Gasteiger partial charge on any atom is -0.494 e. The second-order valence-corrected chi connectivity index (χ2v) is 12.1. The number of nitrogens with zero attached hydrogens (tertiary/aromatic N) is 3. The van der Waals surface area contributed by atoms with Crippen molar-refractivity contribution >= 4 is 29.6 Å². The Labute approximate surface area is 274 Å². The molecule has 252 valence electrons. The van der Waals surface area contributed by atoms with Crippen LogP contribution in [0.2, 0.25) is 0 Å². The monoisotopic (exact) mass is 636 g/mol. The van der Waals surface area contributed by atoms with E-state index in [9.17, 15) is 14.4 Å². The lowest BCUT2D eigenvalue weighted by atomic mass is 10.1. The van der Waals surface area contributed by atoms with Crippen molar-refractivity contribution in [2.24, 2.45) is 10.9 Å². The molecule has 0 bridgehead atoms. The molecule has 10 nitrogen and oxygen atoms in total. The number of amides is 2. The van der Waals surface area contributed by atoms with E-state index in [0.29, 0.717) is 44.0 Å². The molecule has 2 amide bonds. The van der Waals surface area contributed by atoms with E-state index in [-0.39, 0.29) is 30.9 Å². The van der Waals surface area contributed by atoms with E-state index in [4.69, 9.17) is 14.2 Å². The van der Waals surface area contributed by atoms with Crippen LogP contribution in [0.4, 0.5) is 10.5 Å². The van der Waals surface area contributed by atoms with Crippen LogP contribution in [-0.2, 0) is 32.2 Å². The number of nitrogens with one attached hydrogen (secondary N) is 1. The van der Waals surface area contributed by atoms with Crippen molar-refractivity contribution < 1.29 is 28.6 Å². The molecule has 0 spiro atoms. The zero-order valence-electron chi connectivity index (χ0n) is 28.1. The van der Waals surface area contributed by atoms with E-state index in [0.717, 1.165) is 62.7 Å². The molecule has 2 aromatic rings. The predicted molar refractivity (Wildman–Crippen MR) is 180 cm³/mol. The maximum Gasteiger partial charge on any atom is 0.414 e. The number of fused-ring (bicyclic) bond motifs is 1. The van der Waals surface area contributed by atoms with E-state index < -0.39 is 12.1 Å². The SMILES string of the molecule is CCCCCN(CCCCC)C(=O)CCCOc1ccc2c(c1)CN(CC(=O)OCC(C)C)C(NC(=O)OCc1ccccc1)=N2. The van der Waals surface area contributed by atoms with Gasteiger partial charge in [-0.1, -0.05) is 83.7 Å². The highest BCUT2D eigenvalue weighted by Gasteiger charge is 2.25. The molecule has 1 heterocycles. The van der Waals surface area contributed by atoms with E-state index >= 15 is 0 Å². The summed E-state index contributed by atoms with van der Waals surface area (Å²) in [6.45, 7) is 11.0. The molecule has 0 fully saturated rings. The van der Waals surface area contributed by atoms with Gasteiger partial charge in [0.1, 0.15) is 18.9 Å². The maximum atomic E-state index is 12.9. The number of guanidine groups is 1. The van der Waals surface area contributed by atoms with E-state index in [1.165, 1.54) is 0 Å². The second kappa shape index (κ2) is 20.1. The smallest absolute Gasteiger partial charge is 0.414 e. The first-order valence-corrected chi connectivity index (χ1v) is 16.8. The largest absolute Gasteiger partial charge is 0.494 e. The Hall–Kier alpha value is -4.08. The van der Waals surface area contributed by atoms with Gasteiger partial charge < -0.3 is 24.0 Å². The van der Waals surface area contributed by atoms with Gasteiger partial charge in [0.05, 0.1) is 18.9 Å². The molecular formula is C36H52N4O6. The number of hydrogen-bond acceptors (Lipinski definition) is 8. The fraction of sp³-hybridized carbons (Fsp3) is 0.556. The van der Waals surface area contributed by atoms with Crippen LogP contribution in [0.15, 0.2) is 53.5 Å². The van der Waals surface area contributed by atoms with Crippen molar-refractivity contribution in [1.29, 1.82) is 0 Å². The number of rotatable bonds is 19. The van der Waals surface area contributed by atoms with Crippen LogP contribution in [0.1, 0.15) is 90.2 Å². The molecule has 46 heavy (non-hydrogen) atoms. The summed E-state index contributed by atoms with van der Waals surface area (Å²) in [5.74, 6) is 0.843. The van der Waals surface area contributed by atoms with Crippen LogP contribution in [0.3, 0.4) is 0 Å². The first-order chi connectivity index (χ1) is 22.3. The van der Waals surface area contributed by atoms with Gasteiger partial charge in [-0.15, -0.1) is 0 Å². The quantitative estimate of drug-likeness (QED) is 0.131. The van der Waals surface area contributed by atoms with Crippen LogP contribution >= 0.6 is 0 Å². The molecule has 0 radical (unpaired) electrons. The van der Waals surface area contributed by atoms with Crippen molar-refractivity contribution in [3.8, 4) is 5.75 Å². The molecule has 0 aromatic heterocycles. The molecule has 1 aliphatic rings. The highest BCUT2D eigenvalue weighted by molar-refractivity contribution is 5.97. The van der Waals surface area contributed by atoms with Gasteiger partial charge in [-0.2, -0.15) is 0 Å². The lowest BCUT2D eigenvalue weighted by molar-refractivity contribution is -0.145. The molecule has 10 heteroatoms. The number of alkyl carbamates (subject to hydrolysis) is 1. The Balaban J connectivity index is 1.60. The Morgan fingerprint density at radius 3 is 2.33 bits per heavy atom. The lowest BCUT2D eigenvalue weighted by Gasteiger charge is -2.29. The Morgan fingerprint density at radius 1 is 0.935 bits per heavy atom. The van der Waals surface area contributed by atoms with Gasteiger partial charge >= 0.3 is 12.1 Å². The van der Waals surface area contributed by atoms with Crippen LogP contribution < -0.4 is 10.1 Å². The summed E-state index contributed by atoms with van der Waals surface area (Å²) in [7, 11) is 0. The Morgan fingerprint density at radius 2 is 1.65 bits per heavy atom. The lowest BCUT2D eigenvalue weighted by Crippen LogP contribution is -2.47. The van der Waals surface area contributed by atoms with E-state index in [1.807, 2.05) is 67.3 Å². The number of unbranched alkanes of at least 4 members (excludes halogenated alkanes) is 4. The van der Waals surface area contributed by atoms with Crippen LogP contribution in [0, 0.1) is 5.92 Å². The van der Waals surface area contributed by atoms with Gasteiger partial charge in [-0.3, -0.25) is 14.9 Å². The first kappa shape index (κ1) is 36.4. The zero-order chi connectivity index (χ0) is 33.1. The molecule has 0 atom stereocenters. The fourth-order valence-corrected chi connectivity index (χ4v) is 4.94. The molecule has 0 saturated carbocycles. The predicted octanol–water partition coefficient (Wildman–Crippen LogP) is 6.98. The summed E-state index contributed by atoms with van der Waals surface area (Å²) < 4.78 is 16.8. The average molecular weight is 637 g/mol. The molecule has 2 aromatic carbocycles. The fourth-order valence-electron chi connectivity index (χ4n) is 4.94. The zero-order valence-corrected chi connectivity index (χ0v) is 28.1. The highest BCUT2D eigenvalue weighted by atomic mass is 16.5. The van der Waals surface area contributed by atoms with Gasteiger partial charge in [0.25, 0.3) is 0 Å². The highest BCUT2D eigenvalue weighted by Crippen LogP contribution is 2.30. The van der Waals surface area contributed by atoms with Crippen LogP contribution in [-0.4, -0.2) is 66.6 Å². The van der Waals surface area contributed by atoms with Crippen LogP contribution in [0.25, 0.3) is 0 Å². The van der Waals surface area contributed by atoms with Crippen molar-refractivity contribution in [3.63, 3.8) is 0 Å². The minimum absolute atomic E-state index is 0.0931. The van der Waals surface area contributed by atoms with Gasteiger partial charge in [-0.05, 0) is 48.9 Å². The number of benzene rings is 2. The summed E-state index contributed by atoms with van der Waals surface area (Å²) in [4.78, 5) is 46.5. The number of aliphatic imine (C=N–C) groups is 1. The third kappa shape index (κ3) is 13.1. The Kier molecular flexibility index (Phi) is 15.9. The summed E-state index contributed by atoms with van der Waals surface area (Å²) in [5, 5.41) is 2.70. The molecule has 1 N–H and O–H groups in total. The van der Waals surface area contributed by atoms with Gasteiger partial charge in [0.2, 0.25) is 11.9 Å². The third-order valence-corrected chi connectivity index (χ3v) is 7.48. The van der Waals surface area contributed by atoms with Crippen LogP contribution in [0.5, 0.6) is 5.75 Å². The van der Waals surface area contributed by atoms with Crippen molar-refractivity contribution in [3.05, 3.63) is 59.7 Å². The molecule has 1 aliphatic heterocycles. The van der Waals surface area contributed by atoms with E-state index in [2.05, 4.69) is 24.2 Å². The number of hydrogen-bond donors (Lipinski definition) is 1. The molecule has 0 aliphatic carbocycles. The summed E-state index contributed by atoms with van der Waals surface area (Å²) >= 11 is 0. The summed E-state index contributed by atoms with van der Waals surface area (Å²) in [6, 6.07) is 14.9. The van der Waals surface area contributed by atoms with Crippen molar-refractivity contribution in [2.75, 3.05) is 32.8 Å². The minimum atomic E-state index is -0.671. The standard InChI is InChI=1S/C36H52N4O6/c1-5-7-12-20-39(21-13-8-6-2)33(41)17-14-22-44-31-18-19-32-30(23-31)24-40(25-34(42)45-26-28(3)4)35(37-32)38-36(43)46-27-29-15-10-9-11-16-29/h9-11,15-16,18-19,23,28H,5-8,12-14,17,20-22,24-27H2,1-4H3,(H,37,38,43). The summed E-state index contributed by atoms with van der Waals surface area (Å²) in [6.07, 6.45) is 7.03. The number of ether oxygens (including phenoxy) is 3. The molecule has 3 rings (SSSR count). The second-order valence-electron chi connectivity index (χ2n) is 12.1. The van der Waals surface area contributed by atoms with Crippen molar-refractivity contribution in [1.82, 2.24) is 15.1 Å². The normalized spacial score (nSPS) is 12.3. The van der Waals surface area contributed by atoms with E-state index in [1.54, 1.807) is 4.90 Å². The molecular weight excluding hydrogens is 584 g/mol. The first-order valence-electron chi connectivity index (χ1n) is 16.8. The average Bonchev–Trinajstić information content (AvgIpc) is 3.05. The Bertz CT molecular complexity index is 1260.